The second-order valence-electron chi connectivity index (χ2n) is 7.24. The Bertz CT molecular complexity index is 825. The van der Waals surface area contributed by atoms with E-state index in [9.17, 15) is 4.79 Å². The zero-order chi connectivity index (χ0) is 20.0. The highest BCUT2D eigenvalue weighted by molar-refractivity contribution is 14.0. The van der Waals surface area contributed by atoms with Crippen LogP contribution in [0.1, 0.15) is 48.2 Å². The summed E-state index contributed by atoms with van der Waals surface area (Å²) in [6, 6.07) is 9.39. The van der Waals surface area contributed by atoms with Crippen LogP contribution in [0.2, 0.25) is 0 Å². The summed E-state index contributed by atoms with van der Waals surface area (Å²) >= 11 is 0. The lowest BCUT2D eigenvalue weighted by Crippen LogP contribution is -2.36. The molecule has 8 heteroatoms. The summed E-state index contributed by atoms with van der Waals surface area (Å²) in [6.07, 6.45) is 0. The van der Waals surface area contributed by atoms with Crippen LogP contribution in [0, 0.1) is 6.92 Å². The summed E-state index contributed by atoms with van der Waals surface area (Å²) in [5, 5.41) is 6.40. The molecule has 0 aliphatic rings. The van der Waals surface area contributed by atoms with Crippen LogP contribution in [-0.4, -0.2) is 24.5 Å². The van der Waals surface area contributed by atoms with Crippen LogP contribution in [0.25, 0.3) is 0 Å². The molecule has 0 radical (unpaired) electrons. The minimum Gasteiger partial charge on any atom is -0.488 e. The van der Waals surface area contributed by atoms with E-state index in [1.807, 2.05) is 39.8 Å². The van der Waals surface area contributed by atoms with Gasteiger partial charge in [-0.15, -0.1) is 24.0 Å². The second kappa shape index (κ2) is 10.4. The highest BCUT2D eigenvalue weighted by atomic mass is 127. The topological polar surface area (TPSA) is 102 Å². The first kappa shape index (κ1) is 23.8. The highest BCUT2D eigenvalue weighted by Gasteiger charge is 2.15. The molecular formula is C20H29IN4O3. The van der Waals surface area contributed by atoms with Crippen LogP contribution in [0.4, 0.5) is 0 Å². The summed E-state index contributed by atoms with van der Waals surface area (Å²) in [5.41, 5.74) is 7.09. The van der Waals surface area contributed by atoms with E-state index in [0.717, 1.165) is 16.9 Å². The van der Waals surface area contributed by atoms with Gasteiger partial charge in [0.05, 0.1) is 6.54 Å². The monoisotopic (exact) mass is 500 g/mol. The van der Waals surface area contributed by atoms with E-state index >= 15 is 0 Å². The molecule has 2 rings (SSSR count). The van der Waals surface area contributed by atoms with Crippen molar-refractivity contribution in [1.29, 1.82) is 0 Å². The fourth-order valence-electron chi connectivity index (χ4n) is 2.41. The number of nitrogens with zero attached hydrogens (tertiary/aromatic N) is 1. The first-order valence-corrected chi connectivity index (χ1v) is 8.79. The summed E-state index contributed by atoms with van der Waals surface area (Å²) in [5.74, 6) is 1.60. The van der Waals surface area contributed by atoms with Gasteiger partial charge in [0.15, 0.2) is 11.7 Å². The van der Waals surface area contributed by atoms with Crippen molar-refractivity contribution < 1.29 is 13.9 Å². The Labute approximate surface area is 183 Å². The minimum atomic E-state index is -0.588. The third-order valence-corrected chi connectivity index (χ3v) is 3.64. The molecule has 2 aromatic rings. The molecule has 0 saturated carbocycles. The fourth-order valence-corrected chi connectivity index (χ4v) is 2.41. The van der Waals surface area contributed by atoms with Gasteiger partial charge in [0.1, 0.15) is 17.1 Å². The number of rotatable bonds is 6. The van der Waals surface area contributed by atoms with Crippen molar-refractivity contribution >= 4 is 35.8 Å². The largest absolute Gasteiger partial charge is 0.488 e. The van der Waals surface area contributed by atoms with Gasteiger partial charge >= 0.3 is 0 Å². The maximum atomic E-state index is 11.1. The number of guanidine groups is 1. The van der Waals surface area contributed by atoms with Crippen LogP contribution in [-0.2, 0) is 13.1 Å². The van der Waals surface area contributed by atoms with Crippen molar-refractivity contribution in [3.8, 4) is 5.75 Å². The number of carbonyl (C=O) groups is 1. The lowest BCUT2D eigenvalue weighted by molar-refractivity contribution is 0.0972. The molecule has 0 spiro atoms. The standard InChI is InChI=1S/C20H28N4O3.HI/c1-13-6-7-14(17(10-13)27-20(2,3)4)11-23-19(22-5)24-12-15-8-9-16(26-15)18(21)25;/h6-10H,11-12H2,1-5H3,(H2,21,25)(H2,22,23,24);1H. The zero-order valence-electron chi connectivity index (χ0n) is 17.0. The van der Waals surface area contributed by atoms with E-state index in [1.54, 1.807) is 19.2 Å². The van der Waals surface area contributed by atoms with Gasteiger partial charge in [-0.1, -0.05) is 12.1 Å². The molecule has 0 bridgehead atoms. The summed E-state index contributed by atoms with van der Waals surface area (Å²) in [4.78, 5) is 15.3. The normalized spacial score (nSPS) is 11.5. The number of primary amides is 1. The molecular weight excluding hydrogens is 471 g/mol. The van der Waals surface area contributed by atoms with Gasteiger partial charge in [-0.05, 0) is 51.5 Å². The Morgan fingerprint density at radius 2 is 1.86 bits per heavy atom. The molecule has 1 heterocycles. The smallest absolute Gasteiger partial charge is 0.284 e. The molecule has 4 N–H and O–H groups in total. The first-order chi connectivity index (χ1) is 12.7. The number of carbonyl (C=O) groups excluding carboxylic acids is 1. The average Bonchev–Trinajstić information content (AvgIpc) is 3.04. The lowest BCUT2D eigenvalue weighted by Gasteiger charge is -2.24. The predicted octanol–water partition coefficient (Wildman–Crippen LogP) is 3.35. The molecule has 7 nitrogen and oxygen atoms in total. The van der Waals surface area contributed by atoms with Crippen molar-refractivity contribution in [2.24, 2.45) is 10.7 Å². The predicted molar refractivity (Wildman–Crippen MR) is 121 cm³/mol. The van der Waals surface area contributed by atoms with Crippen LogP contribution in [0.3, 0.4) is 0 Å². The maximum absolute atomic E-state index is 11.1. The second-order valence-corrected chi connectivity index (χ2v) is 7.24. The van der Waals surface area contributed by atoms with Crippen LogP contribution in [0.5, 0.6) is 5.75 Å². The van der Waals surface area contributed by atoms with Gasteiger partial charge in [-0.3, -0.25) is 9.79 Å². The summed E-state index contributed by atoms with van der Waals surface area (Å²) in [7, 11) is 1.69. The van der Waals surface area contributed by atoms with E-state index in [0.29, 0.717) is 24.8 Å². The number of aryl methyl sites for hydroxylation is 1. The van der Waals surface area contributed by atoms with Crippen molar-refractivity contribution in [2.45, 2.75) is 46.4 Å². The summed E-state index contributed by atoms with van der Waals surface area (Å²) < 4.78 is 11.4. The first-order valence-electron chi connectivity index (χ1n) is 8.79. The molecule has 0 atom stereocenters. The van der Waals surface area contributed by atoms with Gasteiger partial charge in [0.2, 0.25) is 0 Å². The van der Waals surface area contributed by atoms with Crippen LogP contribution >= 0.6 is 24.0 Å². The quantitative estimate of drug-likeness (QED) is 0.321. The van der Waals surface area contributed by atoms with E-state index in [1.165, 1.54) is 0 Å². The summed E-state index contributed by atoms with van der Waals surface area (Å²) in [6.45, 7) is 9.05. The molecule has 1 aromatic heterocycles. The molecule has 0 saturated heterocycles. The maximum Gasteiger partial charge on any atom is 0.284 e. The fraction of sp³-hybridized carbons (Fsp3) is 0.400. The number of furan rings is 1. The number of aliphatic imine (C=N–C) groups is 1. The minimum absolute atomic E-state index is 0. The molecule has 0 unspecified atom stereocenters. The lowest BCUT2D eigenvalue weighted by atomic mass is 10.1. The van der Waals surface area contributed by atoms with Gasteiger partial charge in [0.25, 0.3) is 5.91 Å². The Morgan fingerprint density at radius 1 is 1.18 bits per heavy atom. The van der Waals surface area contributed by atoms with E-state index in [4.69, 9.17) is 14.9 Å². The van der Waals surface area contributed by atoms with Gasteiger partial charge < -0.3 is 25.5 Å². The van der Waals surface area contributed by atoms with Crippen molar-refractivity contribution in [3.05, 3.63) is 53.0 Å². The number of amides is 1. The average molecular weight is 500 g/mol. The number of ether oxygens (including phenoxy) is 1. The van der Waals surface area contributed by atoms with Gasteiger partial charge in [-0.2, -0.15) is 0 Å². The molecule has 154 valence electrons. The van der Waals surface area contributed by atoms with Crippen molar-refractivity contribution in [2.75, 3.05) is 7.05 Å². The van der Waals surface area contributed by atoms with Crippen LogP contribution in [0.15, 0.2) is 39.7 Å². The van der Waals surface area contributed by atoms with Crippen molar-refractivity contribution in [3.63, 3.8) is 0 Å². The molecule has 1 aromatic carbocycles. The molecule has 0 fully saturated rings. The van der Waals surface area contributed by atoms with E-state index in [-0.39, 0.29) is 35.3 Å². The Morgan fingerprint density at radius 3 is 2.43 bits per heavy atom. The number of hydrogen-bond donors (Lipinski definition) is 3. The Balaban J connectivity index is 0.00000392. The number of nitrogens with one attached hydrogen (secondary N) is 2. The Hall–Kier alpha value is -2.23. The number of benzene rings is 1. The third-order valence-electron chi connectivity index (χ3n) is 3.64. The van der Waals surface area contributed by atoms with E-state index in [2.05, 4.69) is 21.7 Å². The number of hydrogen-bond acceptors (Lipinski definition) is 4. The zero-order valence-corrected chi connectivity index (χ0v) is 19.3. The third kappa shape index (κ3) is 7.41. The SMILES string of the molecule is CN=C(NCc1ccc(C(N)=O)o1)NCc1ccc(C)cc1OC(C)(C)C.I. The van der Waals surface area contributed by atoms with Crippen molar-refractivity contribution in [1.82, 2.24) is 10.6 Å². The Kier molecular flexibility index (Phi) is 8.80. The van der Waals surface area contributed by atoms with Gasteiger partial charge in [0, 0.05) is 19.2 Å². The highest BCUT2D eigenvalue weighted by Crippen LogP contribution is 2.24. The van der Waals surface area contributed by atoms with E-state index < -0.39 is 5.91 Å². The molecule has 0 aliphatic carbocycles. The van der Waals surface area contributed by atoms with Crippen LogP contribution < -0.4 is 21.1 Å². The molecule has 0 aliphatic heterocycles. The number of halogens is 1. The molecule has 28 heavy (non-hydrogen) atoms. The van der Waals surface area contributed by atoms with Gasteiger partial charge in [-0.25, -0.2) is 0 Å². The molecule has 1 amide bonds. The number of nitrogens with two attached hydrogens (primary N) is 1.